The van der Waals surface area contributed by atoms with E-state index in [1.54, 1.807) is 60.7 Å². The van der Waals surface area contributed by atoms with Crippen LogP contribution >= 0.6 is 0 Å². The molecule has 0 radical (unpaired) electrons. The predicted octanol–water partition coefficient (Wildman–Crippen LogP) is 1.81. The van der Waals surface area contributed by atoms with E-state index in [9.17, 15) is 24.3 Å². The third-order valence-electron chi connectivity index (χ3n) is 4.52. The molecule has 0 bridgehead atoms. The lowest BCUT2D eigenvalue weighted by Gasteiger charge is -2.25. The molecule has 0 aromatic heterocycles. The van der Waals surface area contributed by atoms with Crippen LogP contribution in [-0.4, -0.2) is 46.2 Å². The van der Waals surface area contributed by atoms with E-state index in [1.807, 2.05) is 0 Å². The molecule has 2 amide bonds. The average Bonchev–Trinajstić information content (AvgIpc) is 2.75. The van der Waals surface area contributed by atoms with Gasteiger partial charge in [-0.2, -0.15) is 0 Å². The zero-order chi connectivity index (χ0) is 22.8. The Bertz CT molecular complexity index is 903. The normalized spacial score (nSPS) is 13.3. The summed E-state index contributed by atoms with van der Waals surface area (Å²) < 4.78 is 5.10. The van der Waals surface area contributed by atoms with Gasteiger partial charge in [0.05, 0.1) is 5.92 Å². The Balaban J connectivity index is 2.18. The van der Waals surface area contributed by atoms with Crippen LogP contribution in [0.2, 0.25) is 0 Å². The molecule has 0 saturated carbocycles. The Hall–Kier alpha value is -3.88. The summed E-state index contributed by atoms with van der Waals surface area (Å²) in [4.78, 5) is 48.0. The number of hydrogen-bond donors (Lipinski definition) is 4. The van der Waals surface area contributed by atoms with Gasteiger partial charge in [-0.3, -0.25) is 14.4 Å². The minimum Gasteiger partial charge on any atom is -0.481 e. The third kappa shape index (κ3) is 7.46. The molecule has 2 aromatic carbocycles. The van der Waals surface area contributed by atoms with E-state index < -0.39 is 41.9 Å². The Labute approximate surface area is 179 Å². The Kier molecular flexibility index (Phi) is 8.56. The fourth-order valence-corrected chi connectivity index (χ4v) is 2.82. The summed E-state index contributed by atoms with van der Waals surface area (Å²) in [6.45, 7) is 1.15. The smallest absolute Gasteiger partial charge is 0.408 e. The van der Waals surface area contributed by atoms with Crippen LogP contribution in [0.5, 0.6) is 0 Å². The Morgan fingerprint density at radius 2 is 1.39 bits per heavy atom. The number of aliphatic carboxylic acids is 2. The van der Waals surface area contributed by atoms with E-state index in [0.29, 0.717) is 11.1 Å². The van der Waals surface area contributed by atoms with Gasteiger partial charge in [-0.25, -0.2) is 4.79 Å². The molecule has 0 heterocycles. The molecule has 4 N–H and O–H groups in total. The van der Waals surface area contributed by atoms with Gasteiger partial charge in [-0.15, -0.1) is 0 Å². The predicted molar refractivity (Wildman–Crippen MR) is 110 cm³/mol. The van der Waals surface area contributed by atoms with Crippen LogP contribution in [0, 0.1) is 5.92 Å². The van der Waals surface area contributed by atoms with Gasteiger partial charge < -0.3 is 25.6 Å². The van der Waals surface area contributed by atoms with Crippen LogP contribution in [0.25, 0.3) is 0 Å². The summed E-state index contributed by atoms with van der Waals surface area (Å²) in [5.74, 6) is -4.91. The molecule has 0 aliphatic rings. The van der Waals surface area contributed by atoms with Crippen molar-refractivity contribution in [2.45, 2.75) is 32.0 Å². The van der Waals surface area contributed by atoms with Gasteiger partial charge in [-0.05, 0) is 24.5 Å². The van der Waals surface area contributed by atoms with Gasteiger partial charge in [0.1, 0.15) is 18.7 Å². The Morgan fingerprint density at radius 1 is 0.839 bits per heavy atom. The van der Waals surface area contributed by atoms with Crippen molar-refractivity contribution in [1.82, 2.24) is 10.6 Å². The topological polar surface area (TPSA) is 142 Å². The lowest BCUT2D eigenvalue weighted by molar-refractivity contribution is -0.146. The number of ether oxygens (including phenoxy) is 1. The molecule has 0 spiro atoms. The van der Waals surface area contributed by atoms with Crippen LogP contribution in [0.15, 0.2) is 60.7 Å². The quantitative estimate of drug-likeness (QED) is 0.452. The monoisotopic (exact) mass is 428 g/mol. The number of amides is 2. The first-order chi connectivity index (χ1) is 14.8. The van der Waals surface area contributed by atoms with Gasteiger partial charge in [0.2, 0.25) is 5.91 Å². The van der Waals surface area contributed by atoms with Gasteiger partial charge in [0.15, 0.2) is 0 Å². The highest BCUT2D eigenvalue weighted by atomic mass is 16.5. The Morgan fingerprint density at radius 3 is 1.90 bits per heavy atom. The molecule has 2 rings (SSSR count). The van der Waals surface area contributed by atoms with Crippen molar-refractivity contribution >= 4 is 23.9 Å². The SMILES string of the molecule is CC(NC(=O)[C@@H](NC(=O)OCc1ccccc1)C(Cc1ccccc1)C(=O)O)C(=O)O. The number of alkyl carbamates (subject to hydrolysis) is 1. The lowest BCUT2D eigenvalue weighted by atomic mass is 9.91. The number of nitrogens with one attached hydrogen (secondary N) is 2. The molecule has 3 atom stereocenters. The molecule has 0 aliphatic carbocycles. The van der Waals surface area contributed by atoms with Crippen LogP contribution in [0.4, 0.5) is 4.79 Å². The van der Waals surface area contributed by atoms with Gasteiger partial charge in [0, 0.05) is 0 Å². The van der Waals surface area contributed by atoms with E-state index in [4.69, 9.17) is 9.84 Å². The van der Waals surface area contributed by atoms with Crippen LogP contribution in [-0.2, 0) is 32.1 Å². The van der Waals surface area contributed by atoms with Crippen molar-refractivity contribution in [1.29, 1.82) is 0 Å². The molecule has 164 valence electrons. The molecular weight excluding hydrogens is 404 g/mol. The molecule has 9 heteroatoms. The van der Waals surface area contributed by atoms with Crippen molar-refractivity contribution in [3.05, 3.63) is 71.8 Å². The van der Waals surface area contributed by atoms with Crippen molar-refractivity contribution in [2.75, 3.05) is 0 Å². The summed E-state index contributed by atoms with van der Waals surface area (Å²) in [7, 11) is 0. The molecular formula is C22H24N2O7. The molecule has 0 fully saturated rings. The molecule has 9 nitrogen and oxygen atoms in total. The summed E-state index contributed by atoms with van der Waals surface area (Å²) in [6, 6.07) is 14.6. The second kappa shape index (κ2) is 11.3. The summed E-state index contributed by atoms with van der Waals surface area (Å²) >= 11 is 0. The number of carbonyl (C=O) groups is 4. The zero-order valence-electron chi connectivity index (χ0n) is 16.9. The van der Waals surface area contributed by atoms with Crippen molar-refractivity contribution in [3.8, 4) is 0 Å². The molecule has 0 saturated heterocycles. The highest BCUT2D eigenvalue weighted by molar-refractivity contribution is 5.92. The van der Waals surface area contributed by atoms with Crippen molar-refractivity contribution < 1.29 is 34.1 Å². The van der Waals surface area contributed by atoms with E-state index in [-0.39, 0.29) is 13.0 Å². The first-order valence-corrected chi connectivity index (χ1v) is 9.55. The summed E-state index contributed by atoms with van der Waals surface area (Å²) in [6.07, 6.45) is -1.06. The third-order valence-corrected chi connectivity index (χ3v) is 4.52. The van der Waals surface area contributed by atoms with Gasteiger partial charge >= 0.3 is 18.0 Å². The number of carboxylic acids is 2. The summed E-state index contributed by atoms with van der Waals surface area (Å²) in [5, 5.41) is 23.3. The van der Waals surface area contributed by atoms with E-state index in [2.05, 4.69) is 10.6 Å². The largest absolute Gasteiger partial charge is 0.481 e. The summed E-state index contributed by atoms with van der Waals surface area (Å²) in [5.41, 5.74) is 1.34. The minimum absolute atomic E-state index is 0.0608. The first-order valence-electron chi connectivity index (χ1n) is 9.55. The minimum atomic E-state index is -1.55. The maximum absolute atomic E-state index is 12.7. The van der Waals surface area contributed by atoms with E-state index >= 15 is 0 Å². The van der Waals surface area contributed by atoms with Crippen LogP contribution in [0.3, 0.4) is 0 Å². The number of carbonyl (C=O) groups excluding carboxylic acids is 2. The average molecular weight is 428 g/mol. The van der Waals surface area contributed by atoms with Crippen LogP contribution in [0.1, 0.15) is 18.1 Å². The maximum Gasteiger partial charge on any atom is 0.408 e. The second-order valence-electron chi connectivity index (χ2n) is 6.89. The standard InChI is InChI=1S/C22H24N2O7/c1-14(20(26)27)23-19(25)18(17(21(28)29)12-15-8-4-2-5-9-15)24-22(30)31-13-16-10-6-3-7-11-16/h2-11,14,17-18H,12-13H2,1H3,(H,23,25)(H,24,30)(H,26,27)(H,28,29)/t14?,17?,18-/m0/s1. The number of hydrogen-bond acceptors (Lipinski definition) is 5. The maximum atomic E-state index is 12.7. The molecule has 0 aliphatic heterocycles. The second-order valence-corrected chi connectivity index (χ2v) is 6.89. The van der Waals surface area contributed by atoms with Crippen molar-refractivity contribution in [3.63, 3.8) is 0 Å². The van der Waals surface area contributed by atoms with Crippen LogP contribution < -0.4 is 10.6 Å². The van der Waals surface area contributed by atoms with E-state index in [1.165, 1.54) is 6.92 Å². The molecule has 2 aromatic rings. The highest BCUT2D eigenvalue weighted by Crippen LogP contribution is 2.15. The number of benzene rings is 2. The number of rotatable bonds is 10. The fraction of sp³-hybridized carbons (Fsp3) is 0.273. The molecule has 31 heavy (non-hydrogen) atoms. The van der Waals surface area contributed by atoms with Gasteiger partial charge in [-0.1, -0.05) is 60.7 Å². The van der Waals surface area contributed by atoms with Gasteiger partial charge in [0.25, 0.3) is 0 Å². The fourth-order valence-electron chi connectivity index (χ4n) is 2.82. The highest BCUT2D eigenvalue weighted by Gasteiger charge is 2.36. The van der Waals surface area contributed by atoms with E-state index in [0.717, 1.165) is 0 Å². The van der Waals surface area contributed by atoms with Crippen molar-refractivity contribution in [2.24, 2.45) is 5.92 Å². The number of carboxylic acid groups (broad SMARTS) is 2. The lowest BCUT2D eigenvalue weighted by Crippen LogP contribution is -2.56. The zero-order valence-corrected chi connectivity index (χ0v) is 16.9. The first kappa shape index (κ1) is 23.4. The molecule has 2 unspecified atom stereocenters.